The van der Waals surface area contributed by atoms with Gasteiger partial charge in [-0.1, -0.05) is 15.9 Å². The number of hydrogen-bond donors (Lipinski definition) is 1. The molecule has 3 amide bonds. The van der Waals surface area contributed by atoms with Gasteiger partial charge in [-0.3, -0.25) is 24.1 Å². The van der Waals surface area contributed by atoms with Gasteiger partial charge in [0.15, 0.2) is 6.61 Å². The fourth-order valence-corrected chi connectivity index (χ4v) is 3.03. The fraction of sp³-hybridized carbons (Fsp3) is 0.444. The van der Waals surface area contributed by atoms with E-state index in [9.17, 15) is 19.2 Å². The van der Waals surface area contributed by atoms with Crippen molar-refractivity contribution >= 4 is 39.6 Å². The number of fused-ring (bicyclic) bond motifs is 1. The molecule has 0 saturated carbocycles. The van der Waals surface area contributed by atoms with Crippen molar-refractivity contribution < 1.29 is 28.7 Å². The van der Waals surface area contributed by atoms with Gasteiger partial charge in [-0.2, -0.15) is 0 Å². The number of benzene rings is 1. The lowest BCUT2D eigenvalue weighted by molar-refractivity contribution is -0.148. The zero-order valence-corrected chi connectivity index (χ0v) is 16.7. The number of amides is 3. The molecule has 1 atom stereocenters. The minimum Gasteiger partial charge on any atom is -0.456 e. The van der Waals surface area contributed by atoms with Gasteiger partial charge in [-0.05, 0) is 31.5 Å². The van der Waals surface area contributed by atoms with Gasteiger partial charge in [-0.15, -0.1) is 0 Å². The molecule has 1 aliphatic rings. The Hall–Kier alpha value is -2.26. The highest BCUT2D eigenvalue weighted by Gasteiger charge is 2.35. The van der Waals surface area contributed by atoms with E-state index in [1.807, 2.05) is 0 Å². The van der Waals surface area contributed by atoms with E-state index >= 15 is 0 Å². The number of carbonyl (C=O) groups is 4. The van der Waals surface area contributed by atoms with Crippen molar-refractivity contribution in [2.75, 3.05) is 26.9 Å². The molecule has 146 valence electrons. The molecular weight excluding hydrogens is 420 g/mol. The number of carbonyl (C=O) groups excluding carboxylic acids is 4. The van der Waals surface area contributed by atoms with Crippen molar-refractivity contribution in [3.05, 3.63) is 33.8 Å². The molecule has 1 aromatic rings. The molecule has 0 aromatic heterocycles. The van der Waals surface area contributed by atoms with Crippen molar-refractivity contribution in [3.63, 3.8) is 0 Å². The van der Waals surface area contributed by atoms with Gasteiger partial charge in [-0.25, -0.2) is 0 Å². The van der Waals surface area contributed by atoms with Crippen LogP contribution >= 0.6 is 15.9 Å². The quantitative estimate of drug-likeness (QED) is 0.461. The average Bonchev–Trinajstić information content (AvgIpc) is 2.84. The SMILES string of the molecule is COCC(C)NC(=O)COC(=O)CCCN1C(=O)c2ccc(Br)cc2C1=O. The molecule has 27 heavy (non-hydrogen) atoms. The molecule has 0 saturated heterocycles. The van der Waals surface area contributed by atoms with Gasteiger partial charge in [0.05, 0.1) is 17.7 Å². The van der Waals surface area contributed by atoms with Gasteiger partial charge in [0, 0.05) is 30.6 Å². The third-order valence-electron chi connectivity index (χ3n) is 3.88. The molecule has 1 unspecified atom stereocenters. The number of rotatable bonds is 9. The van der Waals surface area contributed by atoms with Crippen LogP contribution in [0.4, 0.5) is 0 Å². The maximum atomic E-state index is 12.3. The summed E-state index contributed by atoms with van der Waals surface area (Å²) in [6.07, 6.45) is 0.255. The maximum absolute atomic E-state index is 12.3. The Morgan fingerprint density at radius 2 is 1.93 bits per heavy atom. The third-order valence-corrected chi connectivity index (χ3v) is 4.38. The number of ether oxygens (including phenoxy) is 2. The van der Waals surface area contributed by atoms with Crippen LogP contribution in [0.2, 0.25) is 0 Å². The van der Waals surface area contributed by atoms with Gasteiger partial charge in [0.25, 0.3) is 17.7 Å². The Bertz CT molecular complexity index is 751. The molecule has 0 fully saturated rings. The summed E-state index contributed by atoms with van der Waals surface area (Å²) in [6.45, 7) is 1.85. The molecule has 1 heterocycles. The number of methoxy groups -OCH3 is 1. The molecule has 0 aliphatic carbocycles. The average molecular weight is 441 g/mol. The predicted octanol–water partition coefficient (Wildman–Crippen LogP) is 1.52. The van der Waals surface area contributed by atoms with E-state index in [4.69, 9.17) is 9.47 Å². The summed E-state index contributed by atoms with van der Waals surface area (Å²) in [5.41, 5.74) is 0.700. The molecule has 0 radical (unpaired) electrons. The van der Waals surface area contributed by atoms with E-state index in [0.29, 0.717) is 22.2 Å². The van der Waals surface area contributed by atoms with E-state index < -0.39 is 11.9 Å². The molecule has 2 rings (SSSR count). The van der Waals surface area contributed by atoms with Crippen LogP contribution in [-0.4, -0.2) is 61.5 Å². The van der Waals surface area contributed by atoms with Crippen LogP contribution in [0, 0.1) is 0 Å². The third kappa shape index (κ3) is 5.61. The number of imide groups is 1. The highest BCUT2D eigenvalue weighted by atomic mass is 79.9. The van der Waals surface area contributed by atoms with E-state index in [-0.39, 0.29) is 43.8 Å². The van der Waals surface area contributed by atoms with E-state index in [0.717, 1.165) is 4.90 Å². The summed E-state index contributed by atoms with van der Waals surface area (Å²) in [7, 11) is 1.52. The lowest BCUT2D eigenvalue weighted by Crippen LogP contribution is -2.38. The largest absolute Gasteiger partial charge is 0.456 e. The van der Waals surface area contributed by atoms with Crippen LogP contribution in [0.25, 0.3) is 0 Å². The normalized spacial score (nSPS) is 14.1. The summed E-state index contributed by atoms with van der Waals surface area (Å²) in [4.78, 5) is 49.0. The van der Waals surface area contributed by atoms with Crippen LogP contribution in [0.3, 0.4) is 0 Å². The molecule has 9 heteroatoms. The van der Waals surface area contributed by atoms with Crippen molar-refractivity contribution in [2.24, 2.45) is 0 Å². The Kier molecular flexibility index (Phi) is 7.49. The first-order chi connectivity index (χ1) is 12.8. The Morgan fingerprint density at radius 1 is 1.22 bits per heavy atom. The number of halogens is 1. The van der Waals surface area contributed by atoms with E-state index in [2.05, 4.69) is 21.2 Å². The minimum atomic E-state index is -0.566. The van der Waals surface area contributed by atoms with Crippen LogP contribution in [0.15, 0.2) is 22.7 Å². The molecule has 1 N–H and O–H groups in total. The molecule has 1 aromatic carbocycles. The maximum Gasteiger partial charge on any atom is 0.306 e. The number of nitrogens with zero attached hydrogens (tertiary/aromatic N) is 1. The van der Waals surface area contributed by atoms with Gasteiger partial charge >= 0.3 is 5.97 Å². The fourth-order valence-electron chi connectivity index (χ4n) is 2.67. The standard InChI is InChI=1S/C18H21BrN2O6/c1-11(9-26-2)20-15(22)10-27-16(23)4-3-7-21-17(24)13-6-5-12(19)8-14(13)18(21)25/h5-6,8,11H,3-4,7,9-10H2,1-2H3,(H,20,22). The monoisotopic (exact) mass is 440 g/mol. The highest BCUT2D eigenvalue weighted by molar-refractivity contribution is 9.10. The molecule has 1 aliphatic heterocycles. The zero-order chi connectivity index (χ0) is 20.0. The predicted molar refractivity (Wildman–Crippen MR) is 99.2 cm³/mol. The highest BCUT2D eigenvalue weighted by Crippen LogP contribution is 2.26. The smallest absolute Gasteiger partial charge is 0.306 e. The van der Waals surface area contributed by atoms with Crippen LogP contribution in [0.1, 0.15) is 40.5 Å². The summed E-state index contributed by atoms with van der Waals surface area (Å²) in [5, 5.41) is 2.62. The molecule has 8 nitrogen and oxygen atoms in total. The van der Waals surface area contributed by atoms with Crippen LogP contribution in [-0.2, 0) is 19.1 Å². The minimum absolute atomic E-state index is 0.00198. The summed E-state index contributed by atoms with van der Waals surface area (Å²) < 4.78 is 10.5. The topological polar surface area (TPSA) is 102 Å². The van der Waals surface area contributed by atoms with Gasteiger partial charge in [0.1, 0.15) is 0 Å². The van der Waals surface area contributed by atoms with Crippen molar-refractivity contribution in [1.82, 2.24) is 10.2 Å². The Balaban J connectivity index is 1.73. The Labute approximate surface area is 165 Å². The number of nitrogens with one attached hydrogen (secondary N) is 1. The molecule has 0 spiro atoms. The lowest BCUT2D eigenvalue weighted by atomic mass is 10.1. The zero-order valence-electron chi connectivity index (χ0n) is 15.1. The van der Waals surface area contributed by atoms with Crippen molar-refractivity contribution in [3.8, 4) is 0 Å². The lowest BCUT2D eigenvalue weighted by Gasteiger charge is -2.14. The summed E-state index contributed by atoms with van der Waals surface area (Å²) >= 11 is 3.27. The first-order valence-electron chi connectivity index (χ1n) is 8.43. The summed E-state index contributed by atoms with van der Waals surface area (Å²) in [6, 6.07) is 4.71. The molecule has 0 bridgehead atoms. The second kappa shape index (κ2) is 9.61. The number of hydrogen-bond acceptors (Lipinski definition) is 6. The van der Waals surface area contributed by atoms with Gasteiger partial charge < -0.3 is 14.8 Å². The first-order valence-corrected chi connectivity index (χ1v) is 9.22. The second-order valence-corrected chi connectivity index (χ2v) is 7.06. The van der Waals surface area contributed by atoms with Crippen molar-refractivity contribution in [1.29, 1.82) is 0 Å². The number of esters is 1. The first kappa shape index (κ1) is 21.0. The van der Waals surface area contributed by atoms with Gasteiger partial charge in [0.2, 0.25) is 0 Å². The van der Waals surface area contributed by atoms with E-state index in [1.54, 1.807) is 25.1 Å². The summed E-state index contributed by atoms with van der Waals surface area (Å²) in [5.74, 6) is -1.73. The van der Waals surface area contributed by atoms with E-state index in [1.165, 1.54) is 7.11 Å². The Morgan fingerprint density at radius 3 is 2.63 bits per heavy atom. The molecular formula is C18H21BrN2O6. The van der Waals surface area contributed by atoms with Crippen LogP contribution in [0.5, 0.6) is 0 Å². The second-order valence-electron chi connectivity index (χ2n) is 6.14. The van der Waals surface area contributed by atoms with Crippen molar-refractivity contribution in [2.45, 2.75) is 25.8 Å². The van der Waals surface area contributed by atoms with Crippen LogP contribution < -0.4 is 5.32 Å².